The van der Waals surface area contributed by atoms with E-state index in [4.69, 9.17) is 5.73 Å². The lowest BCUT2D eigenvalue weighted by Gasteiger charge is -2.24. The van der Waals surface area contributed by atoms with Gasteiger partial charge in [0.05, 0.1) is 0 Å². The number of urea groups is 1. The van der Waals surface area contributed by atoms with Crippen molar-refractivity contribution in [1.82, 2.24) is 10.6 Å². The molecule has 0 saturated carbocycles. The van der Waals surface area contributed by atoms with Gasteiger partial charge >= 0.3 is 6.03 Å². The van der Waals surface area contributed by atoms with Crippen LogP contribution < -0.4 is 16.4 Å². The number of halogens is 1. The zero-order valence-corrected chi connectivity index (χ0v) is 9.87. The Kier molecular flexibility index (Phi) is 2.69. The molecule has 1 atom stereocenters. The van der Waals surface area contributed by atoms with E-state index in [1.807, 2.05) is 0 Å². The van der Waals surface area contributed by atoms with E-state index >= 15 is 0 Å². The lowest BCUT2D eigenvalue weighted by atomic mass is 9.90. The first-order valence-electron chi connectivity index (χ1n) is 4.68. The molecule has 3 amide bonds. The molecule has 1 aliphatic rings. The smallest absolute Gasteiger partial charge is 0.322 e. The number of nitrogens with two attached hydrogens (primary N) is 1. The Hall–Kier alpha value is -1.40. The number of hydrogen-bond acceptors (Lipinski definition) is 3. The number of carbonyl (C=O) groups excluding carboxylic acids is 2. The zero-order chi connectivity index (χ0) is 11.8. The number of carbonyl (C=O) groups is 2. The number of rotatable bonds is 2. The standard InChI is InChI=1S/C10H10BrN3O2/c11-7-3-1-6(2-4-7)10(5-12)8(15)13-9(16)14-10/h1-4H,5,12H2,(H2,13,14,15,16)/t10-/m0/s1. The van der Waals surface area contributed by atoms with Crippen LogP contribution in [0.1, 0.15) is 5.56 Å². The van der Waals surface area contributed by atoms with Gasteiger partial charge in [0.15, 0.2) is 5.54 Å². The molecule has 84 valence electrons. The number of benzene rings is 1. The Morgan fingerprint density at radius 1 is 1.25 bits per heavy atom. The van der Waals surface area contributed by atoms with Crippen LogP contribution >= 0.6 is 15.9 Å². The fourth-order valence-corrected chi connectivity index (χ4v) is 1.96. The highest BCUT2D eigenvalue weighted by Crippen LogP contribution is 2.25. The summed E-state index contributed by atoms with van der Waals surface area (Å²) < 4.78 is 0.896. The molecule has 1 aromatic rings. The molecule has 0 radical (unpaired) electrons. The molecule has 1 fully saturated rings. The molecular formula is C10H10BrN3O2. The molecule has 0 bridgehead atoms. The largest absolute Gasteiger partial charge is 0.327 e. The van der Waals surface area contributed by atoms with Crippen LogP contribution in [0.15, 0.2) is 28.7 Å². The monoisotopic (exact) mass is 283 g/mol. The highest BCUT2D eigenvalue weighted by molar-refractivity contribution is 9.10. The van der Waals surface area contributed by atoms with Gasteiger partial charge in [-0.2, -0.15) is 0 Å². The Labute approximate surface area is 101 Å². The molecule has 0 aliphatic carbocycles. The fraction of sp³-hybridized carbons (Fsp3) is 0.200. The third kappa shape index (κ3) is 1.60. The SMILES string of the molecule is NC[C@@]1(c2ccc(Br)cc2)NC(=O)NC1=O. The number of nitrogens with one attached hydrogen (secondary N) is 2. The lowest BCUT2D eigenvalue weighted by molar-refractivity contribution is -0.123. The normalized spacial score (nSPS) is 24.1. The summed E-state index contributed by atoms with van der Waals surface area (Å²) in [6.45, 7) is 0.0200. The van der Waals surface area contributed by atoms with E-state index < -0.39 is 17.5 Å². The quantitative estimate of drug-likeness (QED) is 0.689. The van der Waals surface area contributed by atoms with Crippen molar-refractivity contribution in [3.05, 3.63) is 34.3 Å². The number of amides is 3. The van der Waals surface area contributed by atoms with Gasteiger partial charge in [-0.15, -0.1) is 0 Å². The summed E-state index contributed by atoms with van der Waals surface area (Å²) >= 11 is 3.30. The molecule has 6 heteroatoms. The average Bonchev–Trinajstić information content (AvgIpc) is 2.55. The molecule has 1 saturated heterocycles. The molecule has 0 spiro atoms. The third-order valence-electron chi connectivity index (χ3n) is 2.58. The first-order valence-corrected chi connectivity index (χ1v) is 5.47. The summed E-state index contributed by atoms with van der Waals surface area (Å²) in [5.41, 5.74) is 5.13. The van der Waals surface area contributed by atoms with Crippen LogP contribution in [0.25, 0.3) is 0 Å². The predicted octanol–water partition coefficient (Wildman–Crippen LogP) is 0.443. The van der Waals surface area contributed by atoms with Crippen molar-refractivity contribution >= 4 is 27.9 Å². The Morgan fingerprint density at radius 3 is 2.31 bits per heavy atom. The maximum Gasteiger partial charge on any atom is 0.322 e. The molecule has 16 heavy (non-hydrogen) atoms. The van der Waals surface area contributed by atoms with Crippen molar-refractivity contribution in [1.29, 1.82) is 0 Å². The van der Waals surface area contributed by atoms with Crippen LogP contribution in [0.4, 0.5) is 4.79 Å². The fourth-order valence-electron chi connectivity index (χ4n) is 1.69. The summed E-state index contributed by atoms with van der Waals surface area (Å²) in [4.78, 5) is 22.9. The van der Waals surface area contributed by atoms with E-state index in [2.05, 4.69) is 26.6 Å². The summed E-state index contributed by atoms with van der Waals surface area (Å²) in [5, 5.41) is 4.75. The van der Waals surface area contributed by atoms with Gasteiger partial charge in [0, 0.05) is 11.0 Å². The maximum absolute atomic E-state index is 11.7. The highest BCUT2D eigenvalue weighted by atomic mass is 79.9. The Balaban J connectivity index is 2.46. The first kappa shape index (κ1) is 11.1. The van der Waals surface area contributed by atoms with Crippen molar-refractivity contribution < 1.29 is 9.59 Å². The Morgan fingerprint density at radius 2 is 1.88 bits per heavy atom. The summed E-state index contributed by atoms with van der Waals surface area (Å²) in [6, 6.07) is 6.58. The van der Waals surface area contributed by atoms with E-state index in [0.29, 0.717) is 5.56 Å². The molecule has 1 heterocycles. The van der Waals surface area contributed by atoms with Crippen molar-refractivity contribution in [2.24, 2.45) is 5.73 Å². The summed E-state index contributed by atoms with van der Waals surface area (Å²) in [7, 11) is 0. The molecule has 1 aromatic carbocycles. The third-order valence-corrected chi connectivity index (χ3v) is 3.11. The second-order valence-corrected chi connectivity index (χ2v) is 4.44. The maximum atomic E-state index is 11.7. The van der Waals surface area contributed by atoms with Crippen LogP contribution in [0.2, 0.25) is 0 Å². The van der Waals surface area contributed by atoms with Crippen LogP contribution in [0.5, 0.6) is 0 Å². The molecule has 1 aliphatic heterocycles. The lowest BCUT2D eigenvalue weighted by Crippen LogP contribution is -2.49. The van der Waals surface area contributed by atoms with Gasteiger partial charge in [-0.25, -0.2) is 4.79 Å². The average molecular weight is 284 g/mol. The van der Waals surface area contributed by atoms with Gasteiger partial charge in [0.1, 0.15) is 0 Å². The van der Waals surface area contributed by atoms with Crippen LogP contribution in [0.3, 0.4) is 0 Å². The van der Waals surface area contributed by atoms with Crippen LogP contribution in [-0.4, -0.2) is 18.5 Å². The van der Waals surface area contributed by atoms with Gasteiger partial charge in [-0.3, -0.25) is 10.1 Å². The minimum absolute atomic E-state index is 0.0200. The van der Waals surface area contributed by atoms with Gasteiger partial charge in [-0.05, 0) is 17.7 Å². The van der Waals surface area contributed by atoms with Crippen molar-refractivity contribution in [3.63, 3.8) is 0 Å². The summed E-state index contributed by atoms with van der Waals surface area (Å²) in [5.74, 6) is -0.415. The second kappa shape index (κ2) is 3.88. The van der Waals surface area contributed by atoms with E-state index in [1.54, 1.807) is 24.3 Å². The number of imide groups is 1. The molecular weight excluding hydrogens is 274 g/mol. The number of hydrogen-bond donors (Lipinski definition) is 3. The molecule has 0 aromatic heterocycles. The van der Waals surface area contributed by atoms with Gasteiger partial charge in [0.25, 0.3) is 5.91 Å². The van der Waals surface area contributed by atoms with Gasteiger partial charge in [0.2, 0.25) is 0 Å². The van der Waals surface area contributed by atoms with Crippen molar-refractivity contribution in [2.45, 2.75) is 5.54 Å². The Bertz CT molecular complexity index is 446. The molecule has 5 nitrogen and oxygen atoms in total. The molecule has 2 rings (SSSR count). The van der Waals surface area contributed by atoms with Crippen molar-refractivity contribution in [3.8, 4) is 0 Å². The van der Waals surface area contributed by atoms with Crippen molar-refractivity contribution in [2.75, 3.05) is 6.54 Å². The van der Waals surface area contributed by atoms with E-state index in [1.165, 1.54) is 0 Å². The van der Waals surface area contributed by atoms with Gasteiger partial charge < -0.3 is 11.1 Å². The molecule has 4 N–H and O–H groups in total. The predicted molar refractivity (Wildman–Crippen MR) is 61.5 cm³/mol. The topological polar surface area (TPSA) is 84.2 Å². The minimum Gasteiger partial charge on any atom is -0.327 e. The van der Waals surface area contributed by atoms with E-state index in [9.17, 15) is 9.59 Å². The van der Waals surface area contributed by atoms with Gasteiger partial charge in [-0.1, -0.05) is 28.1 Å². The van der Waals surface area contributed by atoms with E-state index in [0.717, 1.165) is 4.47 Å². The zero-order valence-electron chi connectivity index (χ0n) is 8.29. The first-order chi connectivity index (χ1) is 7.58. The van der Waals surface area contributed by atoms with Crippen LogP contribution in [-0.2, 0) is 10.3 Å². The second-order valence-electron chi connectivity index (χ2n) is 3.52. The highest BCUT2D eigenvalue weighted by Gasteiger charge is 2.46. The minimum atomic E-state index is -1.14. The molecule has 0 unspecified atom stereocenters. The van der Waals surface area contributed by atoms with Crippen LogP contribution in [0, 0.1) is 0 Å². The van der Waals surface area contributed by atoms with E-state index in [-0.39, 0.29) is 6.54 Å². The summed E-state index contributed by atoms with van der Waals surface area (Å²) in [6.07, 6.45) is 0.